The van der Waals surface area contributed by atoms with Crippen molar-refractivity contribution in [1.82, 2.24) is 10.3 Å². The van der Waals surface area contributed by atoms with Crippen LogP contribution in [-0.4, -0.2) is 49.7 Å². The summed E-state index contributed by atoms with van der Waals surface area (Å²) in [5.74, 6) is 0. The van der Waals surface area contributed by atoms with Gasteiger partial charge in [0.05, 0.1) is 39.9 Å². The third-order valence-corrected chi connectivity index (χ3v) is 11.3. The number of anilines is 2. The molecule has 1 amide bonds. The van der Waals surface area contributed by atoms with Gasteiger partial charge in [0.15, 0.2) is 8.32 Å². The standard InChI is InChI=1S/C19H30N4O3SSi/c1-19(2,3)28(4,5)26-15-6-8-23(11-14(15)22-18(24)25)16-12(20)10-21-13-7-9-27-17(13)16/h7,9-10,14-15,22H,6,8,11,20H2,1-5H3,(H,24,25)/t14-,15-/m1/s1. The maximum atomic E-state index is 11.5. The van der Waals surface area contributed by atoms with Gasteiger partial charge < -0.3 is 25.5 Å². The summed E-state index contributed by atoms with van der Waals surface area (Å²) in [7, 11) is -2.01. The molecule has 9 heteroatoms. The van der Waals surface area contributed by atoms with Gasteiger partial charge in [-0.2, -0.15) is 0 Å². The Kier molecular flexibility index (Phi) is 5.61. The molecule has 0 unspecified atom stereocenters. The number of amides is 1. The van der Waals surface area contributed by atoms with Gasteiger partial charge in [0.1, 0.15) is 0 Å². The summed E-state index contributed by atoms with van der Waals surface area (Å²) in [6.07, 6.45) is 1.25. The number of piperidine rings is 1. The van der Waals surface area contributed by atoms with Gasteiger partial charge in [0, 0.05) is 13.1 Å². The first-order valence-corrected chi connectivity index (χ1v) is 13.3. The zero-order valence-corrected chi connectivity index (χ0v) is 19.0. The number of thiophene rings is 1. The minimum atomic E-state index is -2.01. The summed E-state index contributed by atoms with van der Waals surface area (Å²) < 4.78 is 7.63. The molecule has 1 saturated heterocycles. The molecule has 0 aliphatic carbocycles. The predicted molar refractivity (Wildman–Crippen MR) is 118 cm³/mol. The van der Waals surface area contributed by atoms with E-state index >= 15 is 0 Å². The molecule has 0 saturated carbocycles. The van der Waals surface area contributed by atoms with Crippen molar-refractivity contribution in [2.75, 3.05) is 23.7 Å². The van der Waals surface area contributed by atoms with Crippen molar-refractivity contribution in [3.05, 3.63) is 17.6 Å². The third-order valence-electron chi connectivity index (χ3n) is 5.90. The zero-order chi connectivity index (χ0) is 20.7. The first kappa shape index (κ1) is 20.9. The molecule has 0 bridgehead atoms. The van der Waals surface area contributed by atoms with Crippen LogP contribution in [0.4, 0.5) is 16.2 Å². The van der Waals surface area contributed by atoms with E-state index in [-0.39, 0.29) is 17.2 Å². The summed E-state index contributed by atoms with van der Waals surface area (Å²) in [6.45, 7) is 12.3. The van der Waals surface area contributed by atoms with E-state index in [1.807, 2.05) is 11.4 Å². The monoisotopic (exact) mass is 422 g/mol. The van der Waals surface area contributed by atoms with Crippen LogP contribution in [0.25, 0.3) is 10.2 Å². The highest BCUT2D eigenvalue weighted by Gasteiger charge is 2.42. The van der Waals surface area contributed by atoms with Crippen molar-refractivity contribution in [2.24, 2.45) is 0 Å². The highest BCUT2D eigenvalue weighted by Crippen LogP contribution is 2.40. The van der Waals surface area contributed by atoms with Gasteiger partial charge in [-0.25, -0.2) is 4.79 Å². The molecule has 28 heavy (non-hydrogen) atoms. The smallest absolute Gasteiger partial charge is 0.405 e. The van der Waals surface area contributed by atoms with E-state index in [9.17, 15) is 9.90 Å². The molecule has 1 aliphatic heterocycles. The Morgan fingerprint density at radius 2 is 2.18 bits per heavy atom. The van der Waals surface area contributed by atoms with Crippen LogP contribution in [0.15, 0.2) is 17.6 Å². The van der Waals surface area contributed by atoms with Crippen molar-refractivity contribution in [1.29, 1.82) is 0 Å². The SMILES string of the molecule is CC(C)(C)[Si](C)(C)O[C@@H]1CCN(c2c(N)cnc3ccsc23)C[C@H]1NC(=O)O. The molecule has 3 heterocycles. The normalized spacial score (nSPS) is 21.1. The number of nitrogen functional groups attached to an aromatic ring is 1. The fourth-order valence-electron chi connectivity index (χ4n) is 3.37. The second-order valence-corrected chi connectivity index (χ2v) is 14.6. The van der Waals surface area contributed by atoms with Crippen LogP contribution in [0.3, 0.4) is 0 Å². The van der Waals surface area contributed by atoms with Crippen LogP contribution in [0.1, 0.15) is 27.2 Å². The summed E-state index contributed by atoms with van der Waals surface area (Å²) >= 11 is 1.61. The Morgan fingerprint density at radius 3 is 2.82 bits per heavy atom. The number of aromatic nitrogens is 1. The molecule has 0 radical (unpaired) electrons. The minimum Gasteiger partial charge on any atom is -0.465 e. The van der Waals surface area contributed by atoms with Crippen LogP contribution in [0.5, 0.6) is 0 Å². The molecule has 1 fully saturated rings. The van der Waals surface area contributed by atoms with Crippen molar-refractivity contribution >= 4 is 47.3 Å². The number of pyridine rings is 1. The molecule has 2 aromatic rings. The fraction of sp³-hybridized carbons (Fsp3) is 0.579. The Balaban J connectivity index is 1.87. The molecule has 3 rings (SSSR count). The average molecular weight is 423 g/mol. The van der Waals surface area contributed by atoms with E-state index in [1.165, 1.54) is 0 Å². The second-order valence-electron chi connectivity index (χ2n) is 8.90. The van der Waals surface area contributed by atoms with Crippen LogP contribution < -0.4 is 16.0 Å². The average Bonchev–Trinajstić information content (AvgIpc) is 3.03. The zero-order valence-electron chi connectivity index (χ0n) is 17.2. The van der Waals surface area contributed by atoms with Crippen molar-refractivity contribution in [2.45, 2.75) is 57.5 Å². The number of hydrogen-bond acceptors (Lipinski definition) is 6. The highest BCUT2D eigenvalue weighted by atomic mass is 32.1. The Labute approximate surface area is 171 Å². The van der Waals surface area contributed by atoms with Crippen molar-refractivity contribution in [3.63, 3.8) is 0 Å². The van der Waals surface area contributed by atoms with Crippen molar-refractivity contribution in [3.8, 4) is 0 Å². The number of carboxylic acid groups (broad SMARTS) is 1. The maximum Gasteiger partial charge on any atom is 0.405 e. The van der Waals surface area contributed by atoms with Gasteiger partial charge >= 0.3 is 6.09 Å². The van der Waals surface area contributed by atoms with Crippen LogP contribution in [0.2, 0.25) is 18.1 Å². The molecule has 1 aliphatic rings. The van der Waals surface area contributed by atoms with Gasteiger partial charge in [0.2, 0.25) is 0 Å². The first-order valence-electron chi connectivity index (χ1n) is 9.53. The number of nitrogens with zero attached hydrogens (tertiary/aromatic N) is 2. The van der Waals surface area contributed by atoms with Crippen LogP contribution in [0, 0.1) is 0 Å². The molecular weight excluding hydrogens is 392 g/mol. The lowest BCUT2D eigenvalue weighted by Crippen LogP contribution is -2.59. The van der Waals surface area contributed by atoms with Gasteiger partial charge in [-0.3, -0.25) is 4.98 Å². The Morgan fingerprint density at radius 1 is 1.46 bits per heavy atom. The molecule has 2 aromatic heterocycles. The third kappa shape index (κ3) is 4.11. The summed E-state index contributed by atoms with van der Waals surface area (Å²) in [5, 5.41) is 14.1. The minimum absolute atomic E-state index is 0.0660. The van der Waals surface area contributed by atoms with Gasteiger partial charge in [-0.15, -0.1) is 11.3 Å². The predicted octanol–water partition coefficient (Wildman–Crippen LogP) is 4.12. The lowest BCUT2D eigenvalue weighted by atomic mass is 10.0. The molecule has 154 valence electrons. The number of rotatable bonds is 4. The topological polar surface area (TPSA) is 101 Å². The van der Waals surface area contributed by atoms with E-state index in [0.29, 0.717) is 12.2 Å². The molecule has 0 spiro atoms. The van der Waals surface area contributed by atoms with Crippen molar-refractivity contribution < 1.29 is 14.3 Å². The van der Waals surface area contributed by atoms with E-state index < -0.39 is 14.4 Å². The van der Waals surface area contributed by atoms with E-state index in [2.05, 4.69) is 49.1 Å². The van der Waals surface area contributed by atoms with E-state index in [4.69, 9.17) is 10.2 Å². The van der Waals surface area contributed by atoms with Gasteiger partial charge in [-0.1, -0.05) is 20.8 Å². The van der Waals surface area contributed by atoms with Crippen LogP contribution in [-0.2, 0) is 4.43 Å². The molecule has 0 aromatic carbocycles. The number of nitrogens with two attached hydrogens (primary N) is 1. The molecule has 4 N–H and O–H groups in total. The number of carbonyl (C=O) groups is 1. The van der Waals surface area contributed by atoms with E-state index in [0.717, 1.165) is 28.9 Å². The fourth-order valence-corrected chi connectivity index (χ4v) is 5.69. The van der Waals surface area contributed by atoms with Crippen LogP contribution >= 0.6 is 11.3 Å². The molecule has 2 atom stereocenters. The highest BCUT2D eigenvalue weighted by molar-refractivity contribution is 7.17. The lowest BCUT2D eigenvalue weighted by molar-refractivity contribution is 0.110. The largest absolute Gasteiger partial charge is 0.465 e. The second kappa shape index (κ2) is 7.53. The lowest BCUT2D eigenvalue weighted by Gasteiger charge is -2.45. The number of fused-ring (bicyclic) bond motifs is 1. The van der Waals surface area contributed by atoms with Gasteiger partial charge in [-0.05, 0) is 36.0 Å². The van der Waals surface area contributed by atoms with E-state index in [1.54, 1.807) is 17.5 Å². The molecular formula is C19H30N4O3SSi. The number of hydrogen-bond donors (Lipinski definition) is 3. The number of nitrogens with one attached hydrogen (secondary N) is 1. The van der Waals surface area contributed by atoms with Gasteiger partial charge in [0.25, 0.3) is 0 Å². The maximum absolute atomic E-state index is 11.5. The Hall–Kier alpha value is -1.84. The Bertz CT molecular complexity index is 864. The first-order chi connectivity index (χ1) is 13.0. The summed E-state index contributed by atoms with van der Waals surface area (Å²) in [5.41, 5.74) is 8.74. The summed E-state index contributed by atoms with van der Waals surface area (Å²) in [6, 6.07) is 1.66. The quantitative estimate of drug-likeness (QED) is 0.641. The molecule has 7 nitrogen and oxygen atoms in total. The summed E-state index contributed by atoms with van der Waals surface area (Å²) in [4.78, 5) is 18.0.